The van der Waals surface area contributed by atoms with Gasteiger partial charge in [0.15, 0.2) is 0 Å². The highest BCUT2D eigenvalue weighted by Crippen LogP contribution is 2.13. The molecular weight excluding hydrogens is 162 g/mol. The maximum atomic E-state index is 4.37. The fourth-order valence-corrected chi connectivity index (χ4v) is 1.43. The minimum Gasteiger partial charge on any atom is -0.264 e. The number of hydrogen-bond donors (Lipinski definition) is 0. The quantitative estimate of drug-likeness (QED) is 0.661. The van der Waals surface area contributed by atoms with Gasteiger partial charge in [-0.3, -0.25) is 4.98 Å². The number of hydrogen-bond acceptors (Lipinski definition) is 3. The summed E-state index contributed by atoms with van der Waals surface area (Å²) in [5, 5.41) is 1.07. The Labute approximate surface area is 76.9 Å². The van der Waals surface area contributed by atoms with Gasteiger partial charge in [-0.25, -0.2) is 9.97 Å². The van der Waals surface area contributed by atoms with Crippen LogP contribution in [-0.4, -0.2) is 15.0 Å². The number of nitrogens with zero attached hydrogens (tertiary/aromatic N) is 3. The Hall–Kier alpha value is -1.51. The maximum absolute atomic E-state index is 4.37. The second-order valence-electron chi connectivity index (χ2n) is 2.96. The summed E-state index contributed by atoms with van der Waals surface area (Å²) in [5.74, 6) is 0.829. The Bertz CT molecular complexity index is 437. The fourth-order valence-electron chi connectivity index (χ4n) is 1.43. The van der Waals surface area contributed by atoms with Gasteiger partial charge in [-0.15, -0.1) is 0 Å². The Balaban J connectivity index is 2.81. The molecule has 3 nitrogen and oxygen atoms in total. The molecule has 13 heavy (non-hydrogen) atoms. The van der Waals surface area contributed by atoms with Crippen molar-refractivity contribution in [3.8, 4) is 0 Å². The van der Waals surface area contributed by atoms with Gasteiger partial charge >= 0.3 is 0 Å². The molecule has 0 radical (unpaired) electrons. The van der Waals surface area contributed by atoms with E-state index in [4.69, 9.17) is 0 Å². The molecule has 0 saturated heterocycles. The van der Waals surface area contributed by atoms with E-state index < -0.39 is 0 Å². The normalized spacial score (nSPS) is 10.6. The molecule has 0 fully saturated rings. The van der Waals surface area contributed by atoms with Crippen molar-refractivity contribution in [3.05, 3.63) is 30.0 Å². The molecule has 0 amide bonds. The first-order valence-electron chi connectivity index (χ1n) is 4.38. The third-order valence-electron chi connectivity index (χ3n) is 2.02. The van der Waals surface area contributed by atoms with Crippen LogP contribution in [0.4, 0.5) is 0 Å². The monoisotopic (exact) mass is 173 g/mol. The number of pyridine rings is 1. The Kier molecular flexibility index (Phi) is 1.93. The Morgan fingerprint density at radius 1 is 1.31 bits per heavy atom. The van der Waals surface area contributed by atoms with E-state index in [9.17, 15) is 0 Å². The number of aryl methyl sites for hydroxylation is 2. The Morgan fingerprint density at radius 2 is 2.15 bits per heavy atom. The van der Waals surface area contributed by atoms with E-state index in [0.29, 0.717) is 0 Å². The van der Waals surface area contributed by atoms with Crippen LogP contribution < -0.4 is 0 Å². The lowest BCUT2D eigenvalue weighted by Crippen LogP contribution is -1.96. The summed E-state index contributed by atoms with van der Waals surface area (Å²) >= 11 is 0. The van der Waals surface area contributed by atoms with Crippen molar-refractivity contribution in [1.82, 2.24) is 15.0 Å². The number of rotatable bonds is 1. The lowest BCUT2D eigenvalue weighted by Gasteiger charge is -2.02. The average molecular weight is 173 g/mol. The van der Waals surface area contributed by atoms with Crippen molar-refractivity contribution in [2.45, 2.75) is 20.3 Å². The zero-order valence-corrected chi connectivity index (χ0v) is 7.78. The summed E-state index contributed by atoms with van der Waals surface area (Å²) in [7, 11) is 0. The first-order chi connectivity index (χ1) is 6.31. The molecule has 0 aliphatic rings. The molecule has 66 valence electrons. The standard InChI is InChI=1S/C10H11N3/c1-3-9-8-6-11-5-4-10(8)13-7(2)12-9/h4-6H,3H2,1-2H3. The molecule has 0 N–H and O–H groups in total. The van der Waals surface area contributed by atoms with Crippen LogP contribution in [0.1, 0.15) is 18.4 Å². The highest BCUT2D eigenvalue weighted by atomic mass is 14.9. The topological polar surface area (TPSA) is 38.7 Å². The molecule has 2 heterocycles. The van der Waals surface area contributed by atoms with Gasteiger partial charge in [0.1, 0.15) is 5.82 Å². The SMILES string of the molecule is CCc1nc(C)nc2ccncc12. The third-order valence-corrected chi connectivity index (χ3v) is 2.02. The molecule has 0 aromatic carbocycles. The van der Waals surface area contributed by atoms with Gasteiger partial charge < -0.3 is 0 Å². The van der Waals surface area contributed by atoms with Gasteiger partial charge in [-0.1, -0.05) is 6.92 Å². The summed E-state index contributed by atoms with van der Waals surface area (Å²) in [6.45, 7) is 4.01. The van der Waals surface area contributed by atoms with Crippen molar-refractivity contribution < 1.29 is 0 Å². The van der Waals surface area contributed by atoms with E-state index in [1.54, 1.807) is 6.20 Å². The number of aromatic nitrogens is 3. The molecule has 0 unspecified atom stereocenters. The minimum atomic E-state index is 0.829. The van der Waals surface area contributed by atoms with Gasteiger partial charge in [-0.05, 0) is 19.4 Å². The van der Waals surface area contributed by atoms with Crippen molar-refractivity contribution >= 4 is 10.9 Å². The minimum absolute atomic E-state index is 0.829. The first-order valence-corrected chi connectivity index (χ1v) is 4.38. The lowest BCUT2D eigenvalue weighted by molar-refractivity contribution is 0.978. The van der Waals surface area contributed by atoms with Crippen molar-refractivity contribution in [2.75, 3.05) is 0 Å². The molecule has 0 atom stereocenters. The predicted octanol–water partition coefficient (Wildman–Crippen LogP) is 1.90. The zero-order valence-electron chi connectivity index (χ0n) is 7.78. The molecule has 0 bridgehead atoms. The van der Waals surface area contributed by atoms with Crippen LogP contribution in [0.3, 0.4) is 0 Å². The summed E-state index contributed by atoms with van der Waals surface area (Å²) in [4.78, 5) is 12.8. The molecule has 2 aromatic heterocycles. The third kappa shape index (κ3) is 1.37. The molecule has 2 aromatic rings. The summed E-state index contributed by atoms with van der Waals surface area (Å²) in [6, 6.07) is 1.92. The highest BCUT2D eigenvalue weighted by molar-refractivity contribution is 5.79. The average Bonchev–Trinajstić information content (AvgIpc) is 2.16. The summed E-state index contributed by atoms with van der Waals surface area (Å²) in [5.41, 5.74) is 2.06. The molecule has 0 saturated carbocycles. The van der Waals surface area contributed by atoms with Crippen LogP contribution >= 0.6 is 0 Å². The van der Waals surface area contributed by atoms with Crippen LogP contribution in [0.25, 0.3) is 10.9 Å². The molecule has 0 spiro atoms. The second-order valence-corrected chi connectivity index (χ2v) is 2.96. The van der Waals surface area contributed by atoms with Crippen LogP contribution in [0.15, 0.2) is 18.5 Å². The zero-order chi connectivity index (χ0) is 9.26. The molecule has 0 aliphatic heterocycles. The highest BCUT2D eigenvalue weighted by Gasteiger charge is 2.02. The van der Waals surface area contributed by atoms with E-state index in [-0.39, 0.29) is 0 Å². The summed E-state index contributed by atoms with van der Waals surface area (Å²) < 4.78 is 0. The summed E-state index contributed by atoms with van der Waals surface area (Å²) in [6.07, 6.45) is 4.51. The largest absolute Gasteiger partial charge is 0.264 e. The van der Waals surface area contributed by atoms with Crippen LogP contribution in [-0.2, 0) is 6.42 Å². The van der Waals surface area contributed by atoms with Gasteiger partial charge in [0.2, 0.25) is 0 Å². The smallest absolute Gasteiger partial charge is 0.126 e. The first kappa shape index (κ1) is 8.10. The molecule has 2 rings (SSSR count). The lowest BCUT2D eigenvalue weighted by atomic mass is 10.2. The number of fused-ring (bicyclic) bond motifs is 1. The predicted molar refractivity (Wildman–Crippen MR) is 51.4 cm³/mol. The van der Waals surface area contributed by atoms with Gasteiger partial charge in [-0.2, -0.15) is 0 Å². The van der Waals surface area contributed by atoms with E-state index >= 15 is 0 Å². The van der Waals surface area contributed by atoms with Crippen LogP contribution in [0, 0.1) is 6.92 Å². The van der Waals surface area contributed by atoms with Crippen molar-refractivity contribution in [3.63, 3.8) is 0 Å². The van der Waals surface area contributed by atoms with E-state index in [0.717, 1.165) is 28.8 Å². The van der Waals surface area contributed by atoms with E-state index in [1.807, 2.05) is 19.2 Å². The Morgan fingerprint density at radius 3 is 2.92 bits per heavy atom. The van der Waals surface area contributed by atoms with Crippen molar-refractivity contribution in [2.24, 2.45) is 0 Å². The van der Waals surface area contributed by atoms with Crippen LogP contribution in [0.2, 0.25) is 0 Å². The second kappa shape index (κ2) is 3.09. The maximum Gasteiger partial charge on any atom is 0.126 e. The van der Waals surface area contributed by atoms with Gasteiger partial charge in [0.05, 0.1) is 11.2 Å². The molecule has 3 heteroatoms. The van der Waals surface area contributed by atoms with Crippen LogP contribution in [0.5, 0.6) is 0 Å². The molecular formula is C10H11N3. The van der Waals surface area contributed by atoms with Gasteiger partial charge in [0.25, 0.3) is 0 Å². The molecule has 0 aliphatic carbocycles. The van der Waals surface area contributed by atoms with Gasteiger partial charge in [0, 0.05) is 17.8 Å². The van der Waals surface area contributed by atoms with E-state index in [1.165, 1.54) is 0 Å². The fraction of sp³-hybridized carbons (Fsp3) is 0.300. The van der Waals surface area contributed by atoms with Crippen molar-refractivity contribution in [1.29, 1.82) is 0 Å². The van der Waals surface area contributed by atoms with E-state index in [2.05, 4.69) is 21.9 Å².